The maximum absolute atomic E-state index is 12.6. The van der Waals surface area contributed by atoms with Crippen molar-refractivity contribution in [2.75, 3.05) is 27.9 Å². The third-order valence-electron chi connectivity index (χ3n) is 5.41. The Hall–Kier alpha value is -4.60. The first-order valence-corrected chi connectivity index (χ1v) is 10.8. The van der Waals surface area contributed by atoms with E-state index in [0.29, 0.717) is 28.5 Å². The lowest BCUT2D eigenvalue weighted by molar-refractivity contribution is 0.0947. The van der Waals surface area contributed by atoms with Gasteiger partial charge in [-0.15, -0.1) is 0 Å². The Morgan fingerprint density at radius 2 is 1.69 bits per heavy atom. The number of hydrogen-bond donors (Lipinski definition) is 2. The lowest BCUT2D eigenvalue weighted by Crippen LogP contribution is -2.31. The molecular weight excluding hydrogens is 450 g/mol. The van der Waals surface area contributed by atoms with Crippen LogP contribution in [0, 0.1) is 0 Å². The summed E-state index contributed by atoms with van der Waals surface area (Å²) < 4.78 is 17.2. The molecule has 35 heavy (non-hydrogen) atoms. The van der Waals surface area contributed by atoms with Crippen molar-refractivity contribution in [1.29, 1.82) is 0 Å². The topological polar surface area (TPSA) is 120 Å². The minimum Gasteiger partial charge on any atom is -0.497 e. The SMILES string of the molecule is COc1ccc(-c2cc(=O)n(CCNC(=O)c3cc(-c4cc(OC)ccc4OC)n[nH]3)cn2)cc1. The molecule has 2 N–H and O–H groups in total. The van der Waals surface area contributed by atoms with Gasteiger partial charge in [0.1, 0.15) is 22.9 Å². The highest BCUT2D eigenvalue weighted by atomic mass is 16.5. The molecule has 0 radical (unpaired) electrons. The van der Waals surface area contributed by atoms with Crippen molar-refractivity contribution in [2.45, 2.75) is 6.54 Å². The lowest BCUT2D eigenvalue weighted by atomic mass is 10.1. The van der Waals surface area contributed by atoms with Gasteiger partial charge in [0.2, 0.25) is 0 Å². The molecule has 0 saturated heterocycles. The molecule has 0 spiro atoms. The fourth-order valence-electron chi connectivity index (χ4n) is 3.49. The number of carbonyl (C=O) groups is 1. The van der Waals surface area contributed by atoms with E-state index < -0.39 is 0 Å². The molecule has 2 aromatic heterocycles. The molecule has 2 heterocycles. The van der Waals surface area contributed by atoms with E-state index in [1.165, 1.54) is 17.0 Å². The van der Waals surface area contributed by atoms with Crippen LogP contribution in [-0.2, 0) is 6.54 Å². The zero-order chi connectivity index (χ0) is 24.8. The van der Waals surface area contributed by atoms with Gasteiger partial charge in [-0.1, -0.05) is 0 Å². The van der Waals surface area contributed by atoms with Crippen LogP contribution in [0.25, 0.3) is 22.5 Å². The predicted octanol–water partition coefficient (Wildman–Crippen LogP) is 2.76. The van der Waals surface area contributed by atoms with E-state index in [4.69, 9.17) is 14.2 Å². The largest absolute Gasteiger partial charge is 0.497 e. The zero-order valence-corrected chi connectivity index (χ0v) is 19.6. The van der Waals surface area contributed by atoms with E-state index >= 15 is 0 Å². The number of hydrogen-bond acceptors (Lipinski definition) is 7. The van der Waals surface area contributed by atoms with Gasteiger partial charge < -0.3 is 19.5 Å². The number of ether oxygens (including phenoxy) is 3. The number of rotatable bonds is 9. The Balaban J connectivity index is 1.38. The van der Waals surface area contributed by atoms with E-state index in [2.05, 4.69) is 20.5 Å². The summed E-state index contributed by atoms with van der Waals surface area (Å²) in [5.74, 6) is 1.63. The summed E-state index contributed by atoms with van der Waals surface area (Å²) >= 11 is 0. The van der Waals surface area contributed by atoms with Crippen molar-refractivity contribution in [3.8, 4) is 39.8 Å². The summed E-state index contributed by atoms with van der Waals surface area (Å²) in [7, 11) is 4.73. The van der Waals surface area contributed by atoms with Crippen LogP contribution in [0.15, 0.2) is 65.7 Å². The Bertz CT molecular complexity index is 1380. The minimum absolute atomic E-state index is 0.214. The highest BCUT2D eigenvalue weighted by Gasteiger charge is 2.15. The lowest BCUT2D eigenvalue weighted by Gasteiger charge is -2.08. The highest BCUT2D eigenvalue weighted by Crippen LogP contribution is 2.32. The number of aromatic amines is 1. The third-order valence-corrected chi connectivity index (χ3v) is 5.41. The minimum atomic E-state index is -0.346. The molecule has 0 aliphatic heterocycles. The van der Waals surface area contributed by atoms with Crippen LogP contribution < -0.4 is 25.1 Å². The van der Waals surface area contributed by atoms with E-state index in [-0.39, 0.29) is 30.2 Å². The number of aromatic nitrogens is 4. The standard InChI is InChI=1S/C25H25N5O5/c1-33-17-6-4-16(5-7-17)20-14-24(31)30(15-27-20)11-10-26-25(32)22-13-21(28-29-22)19-12-18(34-2)8-9-23(19)35-3/h4-9,12-15H,10-11H2,1-3H3,(H,26,32)(H,28,29). The van der Waals surface area contributed by atoms with Crippen LogP contribution in [0.5, 0.6) is 17.2 Å². The molecule has 0 aliphatic carbocycles. The van der Waals surface area contributed by atoms with E-state index in [9.17, 15) is 9.59 Å². The molecule has 0 saturated carbocycles. The number of H-pyrrole nitrogens is 1. The molecule has 0 atom stereocenters. The monoisotopic (exact) mass is 475 g/mol. The summed E-state index contributed by atoms with van der Waals surface area (Å²) in [6.07, 6.45) is 1.47. The third kappa shape index (κ3) is 5.32. The van der Waals surface area contributed by atoms with Crippen LogP contribution >= 0.6 is 0 Å². The quantitative estimate of drug-likeness (QED) is 0.382. The fraction of sp³-hybridized carbons (Fsp3) is 0.200. The molecule has 10 nitrogen and oxygen atoms in total. The second kappa shape index (κ2) is 10.6. The van der Waals surface area contributed by atoms with E-state index in [1.54, 1.807) is 45.6 Å². The molecule has 0 bridgehead atoms. The van der Waals surface area contributed by atoms with Crippen molar-refractivity contribution < 1.29 is 19.0 Å². The van der Waals surface area contributed by atoms with E-state index in [1.807, 2.05) is 24.3 Å². The van der Waals surface area contributed by atoms with Crippen molar-refractivity contribution in [3.63, 3.8) is 0 Å². The average Bonchev–Trinajstić information content (AvgIpc) is 3.39. The van der Waals surface area contributed by atoms with Crippen molar-refractivity contribution in [2.24, 2.45) is 0 Å². The number of benzene rings is 2. The van der Waals surface area contributed by atoms with Crippen molar-refractivity contribution in [1.82, 2.24) is 25.1 Å². The van der Waals surface area contributed by atoms with Gasteiger partial charge in [0, 0.05) is 30.3 Å². The van der Waals surface area contributed by atoms with Crippen LogP contribution in [0.4, 0.5) is 0 Å². The predicted molar refractivity (Wildman–Crippen MR) is 130 cm³/mol. The number of nitrogens with zero attached hydrogens (tertiary/aromatic N) is 3. The molecule has 10 heteroatoms. The molecule has 180 valence electrons. The van der Waals surface area contributed by atoms with Crippen LogP contribution in [0.3, 0.4) is 0 Å². The van der Waals surface area contributed by atoms with Crippen LogP contribution in [0.2, 0.25) is 0 Å². The number of carbonyl (C=O) groups excluding carboxylic acids is 1. The highest BCUT2D eigenvalue weighted by molar-refractivity contribution is 5.93. The molecule has 4 aromatic rings. The maximum atomic E-state index is 12.6. The second-order valence-electron chi connectivity index (χ2n) is 7.52. The Labute approximate surface area is 201 Å². The molecule has 0 aliphatic rings. The summed E-state index contributed by atoms with van der Waals surface area (Å²) in [4.78, 5) is 29.4. The van der Waals surface area contributed by atoms with Gasteiger partial charge in [0.05, 0.1) is 39.0 Å². The van der Waals surface area contributed by atoms with Gasteiger partial charge >= 0.3 is 0 Å². The van der Waals surface area contributed by atoms with E-state index in [0.717, 1.165) is 11.3 Å². The first-order chi connectivity index (χ1) is 17.0. The molecule has 2 aromatic carbocycles. The summed E-state index contributed by atoms with van der Waals surface area (Å²) in [5, 5.41) is 9.75. The van der Waals surface area contributed by atoms with Gasteiger partial charge in [0.25, 0.3) is 11.5 Å². The first kappa shape index (κ1) is 23.6. The van der Waals surface area contributed by atoms with Gasteiger partial charge in [-0.2, -0.15) is 5.10 Å². The van der Waals surface area contributed by atoms with Gasteiger partial charge in [-0.05, 0) is 48.5 Å². The average molecular weight is 476 g/mol. The Kier molecular flexibility index (Phi) is 7.10. The Morgan fingerprint density at radius 3 is 2.37 bits per heavy atom. The van der Waals surface area contributed by atoms with Gasteiger partial charge in [-0.3, -0.25) is 19.3 Å². The zero-order valence-electron chi connectivity index (χ0n) is 19.6. The summed E-state index contributed by atoms with van der Waals surface area (Å²) in [5.41, 5.74) is 2.68. The van der Waals surface area contributed by atoms with Crippen LogP contribution in [-0.4, -0.2) is 53.5 Å². The summed E-state index contributed by atoms with van der Waals surface area (Å²) in [6, 6.07) is 15.7. The fourth-order valence-corrected chi connectivity index (χ4v) is 3.49. The maximum Gasteiger partial charge on any atom is 0.269 e. The smallest absolute Gasteiger partial charge is 0.269 e. The van der Waals surface area contributed by atoms with Gasteiger partial charge in [-0.25, -0.2) is 4.98 Å². The molecule has 1 amide bonds. The number of methoxy groups -OCH3 is 3. The summed E-state index contributed by atoms with van der Waals surface area (Å²) in [6.45, 7) is 0.504. The molecule has 0 fully saturated rings. The second-order valence-corrected chi connectivity index (χ2v) is 7.52. The molecule has 4 rings (SSSR count). The molecular formula is C25H25N5O5. The number of amides is 1. The normalized spacial score (nSPS) is 10.6. The van der Waals surface area contributed by atoms with Crippen molar-refractivity contribution in [3.05, 3.63) is 77.0 Å². The molecule has 0 unspecified atom stereocenters. The van der Waals surface area contributed by atoms with Gasteiger partial charge in [0.15, 0.2) is 0 Å². The Morgan fingerprint density at radius 1 is 0.943 bits per heavy atom. The van der Waals surface area contributed by atoms with Crippen LogP contribution in [0.1, 0.15) is 10.5 Å². The number of nitrogens with one attached hydrogen (secondary N) is 2. The first-order valence-electron chi connectivity index (χ1n) is 10.8. The van der Waals surface area contributed by atoms with Crippen molar-refractivity contribution >= 4 is 5.91 Å².